The second-order valence-electron chi connectivity index (χ2n) is 5.41. The molecule has 2 aromatic heterocycles. The Kier molecular flexibility index (Phi) is 4.68. The number of methoxy groups -OCH3 is 2. The topological polar surface area (TPSA) is 84.1 Å². The maximum absolute atomic E-state index is 11.8. The molecule has 0 spiro atoms. The number of carbonyl (C=O) groups is 1. The largest absolute Gasteiger partial charge is 0.354 e. The number of rotatable bonds is 7. The molecule has 0 bridgehead atoms. The van der Waals surface area contributed by atoms with E-state index in [1.165, 1.54) is 4.80 Å². The van der Waals surface area contributed by atoms with Gasteiger partial charge >= 0.3 is 0 Å². The minimum absolute atomic E-state index is 0.0320. The van der Waals surface area contributed by atoms with Crippen molar-refractivity contribution in [2.75, 3.05) is 14.2 Å². The Hall–Kier alpha value is -2.58. The highest BCUT2D eigenvalue weighted by molar-refractivity contribution is 6.06. The van der Waals surface area contributed by atoms with Crippen LogP contribution >= 0.6 is 0 Å². The first-order valence-electron chi connectivity index (χ1n) is 7.53. The third-order valence-corrected chi connectivity index (χ3v) is 3.81. The van der Waals surface area contributed by atoms with Crippen LogP contribution in [0.1, 0.15) is 23.1 Å². The molecule has 8 nitrogen and oxygen atoms in total. The Morgan fingerprint density at radius 2 is 2.00 bits per heavy atom. The molecule has 0 aliphatic heterocycles. The molecule has 0 amide bonds. The second kappa shape index (κ2) is 6.90. The first-order chi connectivity index (χ1) is 11.6. The smallest absolute Gasteiger partial charge is 0.194 e. The van der Waals surface area contributed by atoms with Crippen LogP contribution in [0.4, 0.5) is 0 Å². The number of benzene rings is 1. The van der Waals surface area contributed by atoms with Crippen molar-refractivity contribution in [2.45, 2.75) is 26.3 Å². The number of carbonyl (C=O) groups excluding carboxylic acids is 1. The molecule has 0 aliphatic rings. The molecule has 0 saturated heterocycles. The summed E-state index contributed by atoms with van der Waals surface area (Å²) in [5.74, 6) is 0.585. The average Bonchev–Trinajstić information content (AvgIpc) is 3.18. The summed E-state index contributed by atoms with van der Waals surface area (Å²) in [6.45, 7) is 2.35. The molecule has 0 saturated carbocycles. The molecule has 8 heteroatoms. The molecular weight excluding hydrogens is 310 g/mol. The van der Waals surface area contributed by atoms with Crippen LogP contribution in [-0.4, -0.2) is 51.1 Å². The van der Waals surface area contributed by atoms with E-state index in [0.717, 1.165) is 10.9 Å². The molecule has 2 heterocycles. The number of hydrogen-bond donors (Lipinski definition) is 0. The molecule has 0 unspecified atom stereocenters. The fraction of sp³-hybridized carbons (Fsp3) is 0.375. The molecule has 0 radical (unpaired) electrons. The van der Waals surface area contributed by atoms with Gasteiger partial charge in [-0.05, 0) is 18.2 Å². The number of tetrazole rings is 1. The van der Waals surface area contributed by atoms with Gasteiger partial charge in [0.25, 0.3) is 0 Å². The first kappa shape index (κ1) is 16.3. The molecule has 1 aromatic carbocycles. The predicted octanol–water partition coefficient (Wildman–Crippen LogP) is 1.50. The summed E-state index contributed by atoms with van der Waals surface area (Å²) < 4.78 is 12.2. The number of Topliss-reactive ketones (excluding diaryl/α,β-unsaturated/α-hetero) is 1. The molecule has 0 aliphatic carbocycles. The monoisotopic (exact) mass is 329 g/mol. The van der Waals surface area contributed by atoms with Gasteiger partial charge in [0.05, 0.1) is 6.54 Å². The number of ketones is 1. The summed E-state index contributed by atoms with van der Waals surface area (Å²) in [4.78, 5) is 13.3. The zero-order valence-electron chi connectivity index (χ0n) is 13.8. The van der Waals surface area contributed by atoms with Gasteiger partial charge in [-0.25, -0.2) is 0 Å². The minimum Gasteiger partial charge on any atom is -0.354 e. The van der Waals surface area contributed by atoms with E-state index in [9.17, 15) is 4.79 Å². The summed E-state index contributed by atoms with van der Waals surface area (Å²) in [6.07, 6.45) is 1.41. The fourth-order valence-electron chi connectivity index (χ4n) is 2.61. The van der Waals surface area contributed by atoms with Gasteiger partial charge in [0.15, 0.2) is 17.9 Å². The Bertz CT molecular complexity index is 850. The van der Waals surface area contributed by atoms with E-state index in [2.05, 4.69) is 15.4 Å². The van der Waals surface area contributed by atoms with Crippen LogP contribution in [0.3, 0.4) is 0 Å². The number of hydrogen-bond acceptors (Lipinski definition) is 6. The van der Waals surface area contributed by atoms with Crippen molar-refractivity contribution in [2.24, 2.45) is 0 Å². The molecule has 24 heavy (non-hydrogen) atoms. The Morgan fingerprint density at radius 1 is 1.25 bits per heavy atom. The van der Waals surface area contributed by atoms with Crippen molar-refractivity contribution >= 4 is 16.7 Å². The first-order valence-corrected chi connectivity index (χ1v) is 7.53. The molecule has 3 aromatic rings. The second-order valence-corrected chi connectivity index (χ2v) is 5.41. The molecule has 0 atom stereocenters. The maximum atomic E-state index is 11.8. The summed E-state index contributed by atoms with van der Waals surface area (Å²) in [7, 11) is 3.11. The highest BCUT2D eigenvalue weighted by atomic mass is 16.7. The van der Waals surface area contributed by atoms with E-state index in [0.29, 0.717) is 24.5 Å². The predicted molar refractivity (Wildman–Crippen MR) is 86.7 cm³/mol. The van der Waals surface area contributed by atoms with Crippen molar-refractivity contribution in [3.8, 4) is 0 Å². The maximum Gasteiger partial charge on any atom is 0.194 e. The molecule has 0 fully saturated rings. The summed E-state index contributed by atoms with van der Waals surface area (Å²) in [6, 6.07) is 7.77. The Morgan fingerprint density at radius 3 is 2.71 bits per heavy atom. The normalized spacial score (nSPS) is 11.5. The number of fused-ring (bicyclic) bond motifs is 1. The van der Waals surface area contributed by atoms with Crippen molar-refractivity contribution in [1.29, 1.82) is 0 Å². The Labute approximate surface area is 139 Å². The van der Waals surface area contributed by atoms with Crippen molar-refractivity contribution in [3.63, 3.8) is 0 Å². The van der Waals surface area contributed by atoms with E-state index < -0.39 is 6.29 Å². The summed E-state index contributed by atoms with van der Waals surface area (Å²) >= 11 is 0. The number of aromatic nitrogens is 5. The van der Waals surface area contributed by atoms with Gasteiger partial charge in [-0.2, -0.15) is 4.80 Å². The summed E-state index contributed by atoms with van der Waals surface area (Å²) in [5, 5.41) is 13.3. The van der Waals surface area contributed by atoms with Crippen LogP contribution in [0, 0.1) is 0 Å². The van der Waals surface area contributed by atoms with Crippen LogP contribution in [0.2, 0.25) is 0 Å². The lowest BCUT2D eigenvalue weighted by Crippen LogP contribution is -2.22. The highest BCUT2D eigenvalue weighted by Gasteiger charge is 2.14. The van der Waals surface area contributed by atoms with E-state index in [-0.39, 0.29) is 5.78 Å². The van der Waals surface area contributed by atoms with E-state index in [1.54, 1.807) is 21.1 Å². The average molecular weight is 329 g/mol. The van der Waals surface area contributed by atoms with Gasteiger partial charge in [0.2, 0.25) is 0 Å². The fourth-order valence-corrected chi connectivity index (χ4v) is 2.61. The number of nitrogens with zero attached hydrogens (tertiary/aromatic N) is 5. The van der Waals surface area contributed by atoms with Crippen LogP contribution in [0.15, 0.2) is 30.5 Å². The van der Waals surface area contributed by atoms with Crippen LogP contribution in [0.5, 0.6) is 0 Å². The van der Waals surface area contributed by atoms with Crippen LogP contribution < -0.4 is 0 Å². The summed E-state index contributed by atoms with van der Waals surface area (Å²) in [5.41, 5.74) is 1.66. The van der Waals surface area contributed by atoms with Crippen LogP contribution in [-0.2, 0) is 22.6 Å². The lowest BCUT2D eigenvalue weighted by atomic mass is 10.1. The molecule has 3 rings (SSSR count). The highest BCUT2D eigenvalue weighted by Crippen LogP contribution is 2.22. The van der Waals surface area contributed by atoms with Gasteiger partial charge in [-0.3, -0.25) is 4.79 Å². The van der Waals surface area contributed by atoms with Gasteiger partial charge in [-0.1, -0.05) is 18.2 Å². The van der Waals surface area contributed by atoms with Gasteiger partial charge < -0.3 is 14.0 Å². The number of ether oxygens (including phenoxy) is 2. The van der Waals surface area contributed by atoms with Crippen molar-refractivity contribution < 1.29 is 14.3 Å². The number of para-hydroxylation sites is 1. The lowest BCUT2D eigenvalue weighted by Gasteiger charge is -2.11. The zero-order chi connectivity index (χ0) is 17.1. The zero-order valence-corrected chi connectivity index (χ0v) is 13.8. The van der Waals surface area contributed by atoms with E-state index in [1.807, 2.05) is 35.0 Å². The van der Waals surface area contributed by atoms with Gasteiger partial charge in [0.1, 0.15) is 6.54 Å². The molecule has 126 valence electrons. The Balaban J connectivity index is 1.85. The van der Waals surface area contributed by atoms with Crippen molar-refractivity contribution in [1.82, 2.24) is 24.8 Å². The van der Waals surface area contributed by atoms with E-state index in [4.69, 9.17) is 9.47 Å². The molecular formula is C16H19N5O3. The quantitative estimate of drug-likeness (QED) is 0.482. The van der Waals surface area contributed by atoms with Gasteiger partial charge in [0, 0.05) is 36.9 Å². The van der Waals surface area contributed by atoms with Crippen LogP contribution in [0.25, 0.3) is 10.9 Å². The SMILES string of the molecule is COC(Cn1nnc(Cn2cc(C(C)=O)c3ccccc32)n1)OC. The van der Waals surface area contributed by atoms with E-state index >= 15 is 0 Å². The lowest BCUT2D eigenvalue weighted by molar-refractivity contribution is -0.114. The minimum atomic E-state index is -0.427. The third kappa shape index (κ3) is 3.19. The van der Waals surface area contributed by atoms with Gasteiger partial charge in [-0.15, -0.1) is 10.2 Å². The molecule has 0 N–H and O–H groups in total. The standard InChI is InChI=1S/C16H19N5O3/c1-11(22)13-8-20(14-7-5-4-6-12(13)14)9-15-17-19-21(18-15)10-16(23-2)24-3/h4-8,16H,9-10H2,1-3H3. The third-order valence-electron chi connectivity index (χ3n) is 3.81. The van der Waals surface area contributed by atoms with Crippen molar-refractivity contribution in [3.05, 3.63) is 41.9 Å².